The van der Waals surface area contributed by atoms with Gasteiger partial charge in [-0.1, -0.05) is 49.2 Å². The second kappa shape index (κ2) is 10.4. The number of hydrogen-bond donors (Lipinski definition) is 2. The third-order valence-electron chi connectivity index (χ3n) is 4.49. The third kappa shape index (κ3) is 6.41. The topological polar surface area (TPSA) is 50.4 Å². The monoisotopic (exact) mass is 442 g/mol. The van der Waals surface area contributed by atoms with Crippen molar-refractivity contribution in [3.8, 4) is 5.75 Å². The van der Waals surface area contributed by atoms with Gasteiger partial charge in [0.05, 0.1) is 0 Å². The van der Waals surface area contributed by atoms with Crippen molar-refractivity contribution in [2.45, 2.75) is 27.0 Å². The lowest BCUT2D eigenvalue weighted by Gasteiger charge is -2.14. The van der Waals surface area contributed by atoms with Crippen molar-refractivity contribution in [3.63, 3.8) is 0 Å². The molecule has 0 aliphatic heterocycles. The first-order valence-corrected chi connectivity index (χ1v) is 10.5. The molecule has 3 aromatic carbocycles. The average molecular weight is 443 g/mol. The lowest BCUT2D eigenvalue weighted by molar-refractivity contribution is -0.118. The summed E-state index contributed by atoms with van der Waals surface area (Å²) >= 11 is 12.1. The summed E-state index contributed by atoms with van der Waals surface area (Å²) in [5.41, 5.74) is 3.69. The molecule has 0 aliphatic carbocycles. The van der Waals surface area contributed by atoms with E-state index in [2.05, 4.69) is 10.6 Å². The molecule has 0 unspecified atom stereocenters. The van der Waals surface area contributed by atoms with Crippen molar-refractivity contribution in [3.05, 3.63) is 87.9 Å². The first-order chi connectivity index (χ1) is 14.4. The Balaban J connectivity index is 1.62. The Hall–Kier alpha value is -2.69. The summed E-state index contributed by atoms with van der Waals surface area (Å²) in [6, 6.07) is 20.7. The molecule has 30 heavy (non-hydrogen) atoms. The molecular formula is C24H24Cl2N2O2. The minimum Gasteiger partial charge on any atom is -0.489 e. The van der Waals surface area contributed by atoms with Gasteiger partial charge in [0.1, 0.15) is 12.4 Å². The third-order valence-corrected chi connectivity index (χ3v) is 4.98. The number of anilines is 2. The van der Waals surface area contributed by atoms with Gasteiger partial charge >= 0.3 is 0 Å². The minimum atomic E-state index is -0.0584. The molecular weight excluding hydrogens is 419 g/mol. The maximum atomic E-state index is 11.8. The zero-order valence-electron chi connectivity index (χ0n) is 16.9. The predicted molar refractivity (Wildman–Crippen MR) is 124 cm³/mol. The average Bonchev–Trinajstić information content (AvgIpc) is 2.73. The fourth-order valence-corrected chi connectivity index (χ4v) is 3.04. The molecule has 2 N–H and O–H groups in total. The fourth-order valence-electron chi connectivity index (χ4n) is 2.72. The van der Waals surface area contributed by atoms with Gasteiger partial charge in [-0.05, 0) is 60.2 Å². The van der Waals surface area contributed by atoms with E-state index < -0.39 is 0 Å². The highest BCUT2D eigenvalue weighted by molar-refractivity contribution is 6.30. The summed E-state index contributed by atoms with van der Waals surface area (Å²) in [5, 5.41) is 7.60. The summed E-state index contributed by atoms with van der Waals surface area (Å²) in [7, 11) is 0. The van der Waals surface area contributed by atoms with Crippen LogP contribution in [0.5, 0.6) is 5.75 Å². The van der Waals surface area contributed by atoms with E-state index in [4.69, 9.17) is 27.9 Å². The summed E-state index contributed by atoms with van der Waals surface area (Å²) < 4.78 is 6.00. The van der Waals surface area contributed by atoms with Crippen LogP contribution in [-0.2, 0) is 17.9 Å². The van der Waals surface area contributed by atoms with Crippen molar-refractivity contribution in [1.29, 1.82) is 0 Å². The van der Waals surface area contributed by atoms with Crippen molar-refractivity contribution in [2.75, 3.05) is 10.6 Å². The van der Waals surface area contributed by atoms with Crippen molar-refractivity contribution in [1.82, 2.24) is 0 Å². The first-order valence-electron chi connectivity index (χ1n) is 9.71. The Morgan fingerprint density at radius 3 is 2.20 bits per heavy atom. The molecule has 0 fully saturated rings. The lowest BCUT2D eigenvalue weighted by atomic mass is 10.1. The normalized spacial score (nSPS) is 10.7. The number of amides is 1. The van der Waals surface area contributed by atoms with Gasteiger partial charge in [-0.2, -0.15) is 0 Å². The Kier molecular flexibility index (Phi) is 7.61. The molecule has 6 heteroatoms. The zero-order valence-corrected chi connectivity index (χ0v) is 18.4. The van der Waals surface area contributed by atoms with Crippen LogP contribution in [0.2, 0.25) is 10.0 Å². The Morgan fingerprint density at radius 2 is 1.53 bits per heavy atom. The number of halogens is 2. The molecule has 3 aromatic rings. The van der Waals surface area contributed by atoms with Gasteiger partial charge in [0.15, 0.2) is 0 Å². The second-order valence-corrected chi connectivity index (χ2v) is 8.11. The van der Waals surface area contributed by atoms with E-state index in [1.165, 1.54) is 0 Å². The van der Waals surface area contributed by atoms with Gasteiger partial charge in [-0.15, -0.1) is 0 Å². The zero-order chi connectivity index (χ0) is 21.5. The molecule has 0 radical (unpaired) electrons. The Bertz CT molecular complexity index is 987. The molecule has 156 valence electrons. The van der Waals surface area contributed by atoms with Gasteiger partial charge in [-0.25, -0.2) is 0 Å². The molecule has 0 heterocycles. The van der Waals surface area contributed by atoms with Gasteiger partial charge in [-0.3, -0.25) is 4.79 Å². The van der Waals surface area contributed by atoms with Crippen LogP contribution in [0, 0.1) is 5.92 Å². The summed E-state index contributed by atoms with van der Waals surface area (Å²) in [6.45, 7) is 4.72. The highest BCUT2D eigenvalue weighted by Crippen LogP contribution is 2.25. The van der Waals surface area contributed by atoms with E-state index in [-0.39, 0.29) is 11.8 Å². The van der Waals surface area contributed by atoms with Crippen LogP contribution in [-0.4, -0.2) is 5.91 Å². The van der Waals surface area contributed by atoms with Crippen LogP contribution in [0.3, 0.4) is 0 Å². The largest absolute Gasteiger partial charge is 0.489 e. The quantitative estimate of drug-likeness (QED) is 0.404. The van der Waals surface area contributed by atoms with Crippen LogP contribution in [0.1, 0.15) is 25.0 Å². The molecule has 0 saturated carbocycles. The maximum absolute atomic E-state index is 11.8. The number of benzene rings is 3. The highest BCUT2D eigenvalue weighted by atomic mass is 35.5. The molecule has 4 nitrogen and oxygen atoms in total. The van der Waals surface area contributed by atoms with Gasteiger partial charge in [0.25, 0.3) is 0 Å². The van der Waals surface area contributed by atoms with E-state index in [9.17, 15) is 4.79 Å². The SMILES string of the molecule is CC(C)C(=O)Nc1ccc(NCc2cc(Cl)ccc2OCc2ccc(Cl)cc2)cc1. The minimum absolute atomic E-state index is 0.00267. The molecule has 0 saturated heterocycles. The number of rotatable bonds is 8. The van der Waals surface area contributed by atoms with Crippen LogP contribution in [0.15, 0.2) is 66.7 Å². The molecule has 0 atom stereocenters. The number of nitrogens with one attached hydrogen (secondary N) is 2. The van der Waals surface area contributed by atoms with Crippen molar-refractivity contribution < 1.29 is 9.53 Å². The van der Waals surface area contributed by atoms with Crippen LogP contribution >= 0.6 is 23.2 Å². The standard InChI is InChI=1S/C24H24Cl2N2O2/c1-16(2)24(29)28-22-10-8-21(9-11-22)27-14-18-13-20(26)7-12-23(18)30-15-17-3-5-19(25)6-4-17/h3-13,16,27H,14-15H2,1-2H3,(H,28,29). The van der Waals surface area contributed by atoms with E-state index in [1.54, 1.807) is 0 Å². The molecule has 0 spiro atoms. The molecule has 1 amide bonds. The van der Waals surface area contributed by atoms with E-state index in [1.807, 2.05) is 80.6 Å². The smallest absolute Gasteiger partial charge is 0.226 e. The summed E-state index contributed by atoms with van der Waals surface area (Å²) in [6.07, 6.45) is 0. The highest BCUT2D eigenvalue weighted by Gasteiger charge is 2.08. The molecule has 3 rings (SSSR count). The van der Waals surface area contributed by atoms with Gasteiger partial charge in [0.2, 0.25) is 5.91 Å². The lowest BCUT2D eigenvalue weighted by Crippen LogP contribution is -2.17. The van der Waals surface area contributed by atoms with Crippen LogP contribution in [0.25, 0.3) is 0 Å². The van der Waals surface area contributed by atoms with Crippen molar-refractivity contribution in [2.24, 2.45) is 5.92 Å². The second-order valence-electron chi connectivity index (χ2n) is 7.24. The van der Waals surface area contributed by atoms with Crippen LogP contribution in [0.4, 0.5) is 11.4 Å². The van der Waals surface area contributed by atoms with Gasteiger partial charge in [0, 0.05) is 39.4 Å². The number of ether oxygens (including phenoxy) is 1. The van der Waals surface area contributed by atoms with E-state index >= 15 is 0 Å². The number of carbonyl (C=O) groups is 1. The van der Waals surface area contributed by atoms with E-state index in [0.29, 0.717) is 23.2 Å². The fraction of sp³-hybridized carbons (Fsp3) is 0.208. The predicted octanol–water partition coefficient (Wildman–Crippen LogP) is 6.78. The Morgan fingerprint density at radius 1 is 0.900 bits per heavy atom. The molecule has 0 bridgehead atoms. The molecule has 0 aliphatic rings. The van der Waals surface area contributed by atoms with E-state index in [0.717, 1.165) is 28.3 Å². The number of hydrogen-bond acceptors (Lipinski definition) is 3. The Labute approximate surface area is 187 Å². The van der Waals surface area contributed by atoms with Gasteiger partial charge < -0.3 is 15.4 Å². The van der Waals surface area contributed by atoms with Crippen molar-refractivity contribution >= 4 is 40.5 Å². The summed E-state index contributed by atoms with van der Waals surface area (Å²) in [5.74, 6) is 0.705. The summed E-state index contributed by atoms with van der Waals surface area (Å²) in [4.78, 5) is 11.8. The number of carbonyl (C=O) groups excluding carboxylic acids is 1. The first kappa shape index (κ1) is 22.0. The maximum Gasteiger partial charge on any atom is 0.226 e. The molecule has 0 aromatic heterocycles. The van der Waals surface area contributed by atoms with Crippen LogP contribution < -0.4 is 15.4 Å².